The van der Waals surface area contributed by atoms with Crippen LogP contribution in [0.25, 0.3) is 33.4 Å². The zero-order valence-electron chi connectivity index (χ0n) is 14.9. The molecular weight excluding hydrogens is 320 g/mol. The van der Waals surface area contributed by atoms with Gasteiger partial charge in [0.2, 0.25) is 0 Å². The third-order valence-electron chi connectivity index (χ3n) is 4.62. The molecule has 0 atom stereocenters. The number of para-hydroxylation sites is 1. The van der Waals surface area contributed by atoms with Crippen LogP contribution in [0.2, 0.25) is 19.6 Å². The van der Waals surface area contributed by atoms with Crippen molar-refractivity contribution in [3.8, 4) is 22.5 Å². The average molecular weight is 343 g/mol. The summed E-state index contributed by atoms with van der Waals surface area (Å²) in [7, 11) is -1.50. The van der Waals surface area contributed by atoms with E-state index >= 15 is 0 Å². The second-order valence-corrected chi connectivity index (χ2v) is 12.5. The van der Waals surface area contributed by atoms with Crippen LogP contribution in [0.4, 0.5) is 0 Å². The zero-order valence-corrected chi connectivity index (χ0v) is 15.9. The van der Waals surface area contributed by atoms with Gasteiger partial charge >= 0.3 is 0 Å². The minimum Gasteiger partial charge on any atom is -0.456 e. The van der Waals surface area contributed by atoms with Crippen LogP contribution in [0.3, 0.4) is 0 Å². The minimum atomic E-state index is -1.50. The molecule has 0 unspecified atom stereocenters. The predicted octanol–water partition coefficient (Wildman–Crippen LogP) is 6.31. The highest BCUT2D eigenvalue weighted by molar-refractivity contribution is 6.90. The third kappa shape index (κ3) is 2.83. The highest BCUT2D eigenvalue weighted by atomic mass is 28.3. The maximum absolute atomic E-state index is 6.53. The molecule has 0 spiro atoms. The van der Waals surface area contributed by atoms with Crippen molar-refractivity contribution < 1.29 is 4.42 Å². The van der Waals surface area contributed by atoms with Crippen LogP contribution < -0.4 is 5.19 Å². The smallest absolute Gasteiger partial charge is 0.143 e. The van der Waals surface area contributed by atoms with Crippen LogP contribution in [-0.2, 0) is 0 Å². The van der Waals surface area contributed by atoms with E-state index in [0.717, 1.165) is 16.9 Å². The van der Waals surface area contributed by atoms with Gasteiger partial charge in [0.05, 0.1) is 8.07 Å². The molecule has 0 aliphatic heterocycles. The van der Waals surface area contributed by atoms with Crippen molar-refractivity contribution in [1.82, 2.24) is 0 Å². The molecule has 0 radical (unpaired) electrons. The van der Waals surface area contributed by atoms with E-state index in [1.807, 2.05) is 6.07 Å². The van der Waals surface area contributed by atoms with Crippen LogP contribution in [-0.4, -0.2) is 8.07 Å². The first-order chi connectivity index (χ1) is 12.1. The normalized spacial score (nSPS) is 11.8. The molecule has 1 nitrogen and oxygen atoms in total. The van der Waals surface area contributed by atoms with Crippen molar-refractivity contribution in [2.24, 2.45) is 0 Å². The van der Waals surface area contributed by atoms with Crippen molar-refractivity contribution in [3.05, 3.63) is 78.9 Å². The molecule has 0 N–H and O–H groups in total. The summed E-state index contributed by atoms with van der Waals surface area (Å²) in [4.78, 5) is 0. The predicted molar refractivity (Wildman–Crippen MR) is 110 cm³/mol. The Labute approximate surface area is 149 Å². The zero-order chi connectivity index (χ0) is 17.4. The Kier molecular flexibility index (Phi) is 3.85. The monoisotopic (exact) mass is 342 g/mol. The second kappa shape index (κ2) is 6.05. The fourth-order valence-electron chi connectivity index (χ4n) is 3.39. The van der Waals surface area contributed by atoms with Gasteiger partial charge < -0.3 is 4.42 Å². The summed E-state index contributed by atoms with van der Waals surface area (Å²) in [5.74, 6) is 0.965. The molecule has 0 saturated heterocycles. The van der Waals surface area contributed by atoms with E-state index in [0.29, 0.717) is 0 Å². The van der Waals surface area contributed by atoms with E-state index in [1.165, 1.54) is 21.7 Å². The summed E-state index contributed by atoms with van der Waals surface area (Å²) < 4.78 is 6.53. The van der Waals surface area contributed by atoms with Gasteiger partial charge in [0, 0.05) is 16.5 Å². The number of benzene rings is 3. The van der Waals surface area contributed by atoms with Crippen LogP contribution in [0.15, 0.2) is 83.3 Å². The van der Waals surface area contributed by atoms with Crippen molar-refractivity contribution in [1.29, 1.82) is 0 Å². The quantitative estimate of drug-likeness (QED) is 0.397. The van der Waals surface area contributed by atoms with Crippen LogP contribution in [0, 0.1) is 0 Å². The van der Waals surface area contributed by atoms with Crippen molar-refractivity contribution >= 4 is 24.2 Å². The molecule has 0 bridgehead atoms. The van der Waals surface area contributed by atoms with Gasteiger partial charge in [-0.15, -0.1) is 0 Å². The molecule has 0 fully saturated rings. The Morgan fingerprint density at radius 2 is 1.24 bits per heavy atom. The average Bonchev–Trinajstić information content (AvgIpc) is 3.01. The van der Waals surface area contributed by atoms with Crippen LogP contribution >= 0.6 is 0 Å². The minimum absolute atomic E-state index is 0.965. The van der Waals surface area contributed by atoms with E-state index in [1.54, 1.807) is 0 Å². The fraction of sp³-hybridized carbons (Fsp3) is 0.130. The number of rotatable bonds is 3. The summed E-state index contributed by atoms with van der Waals surface area (Å²) in [6, 6.07) is 27.6. The Morgan fingerprint density at radius 3 is 1.84 bits per heavy atom. The Balaban J connectivity index is 2.10. The highest BCUT2D eigenvalue weighted by Crippen LogP contribution is 2.40. The standard InChI is InChI=1S/C23H22OSi/c1-25(2,3)20-16-10-15-19-21(17-11-6-4-7-12-17)22(24-23(19)20)18-13-8-5-9-14-18/h4-16H,1-3H3. The number of hydrogen-bond acceptors (Lipinski definition) is 1. The molecule has 0 aliphatic rings. The van der Waals surface area contributed by atoms with Gasteiger partial charge in [0.1, 0.15) is 11.3 Å². The van der Waals surface area contributed by atoms with E-state index in [4.69, 9.17) is 4.42 Å². The maximum atomic E-state index is 6.53. The molecule has 0 aliphatic carbocycles. The van der Waals surface area contributed by atoms with E-state index < -0.39 is 8.07 Å². The summed E-state index contributed by atoms with van der Waals surface area (Å²) in [6.45, 7) is 7.11. The van der Waals surface area contributed by atoms with Crippen molar-refractivity contribution in [2.45, 2.75) is 19.6 Å². The lowest BCUT2D eigenvalue weighted by Gasteiger charge is -2.16. The molecular formula is C23H22OSi. The molecule has 3 aromatic carbocycles. The van der Waals surface area contributed by atoms with Gasteiger partial charge in [0.25, 0.3) is 0 Å². The van der Waals surface area contributed by atoms with Gasteiger partial charge in [-0.2, -0.15) is 0 Å². The molecule has 124 valence electrons. The van der Waals surface area contributed by atoms with Crippen molar-refractivity contribution in [3.63, 3.8) is 0 Å². The number of hydrogen-bond donors (Lipinski definition) is 0. The first-order valence-corrected chi connectivity index (χ1v) is 12.2. The maximum Gasteiger partial charge on any atom is 0.143 e. The Morgan fingerprint density at radius 1 is 0.640 bits per heavy atom. The first kappa shape index (κ1) is 15.9. The lowest BCUT2D eigenvalue weighted by Crippen LogP contribution is -2.37. The summed E-state index contributed by atoms with van der Waals surface area (Å²) in [6.07, 6.45) is 0. The fourth-order valence-corrected chi connectivity index (χ4v) is 4.86. The largest absolute Gasteiger partial charge is 0.456 e. The number of fused-ring (bicyclic) bond motifs is 1. The molecule has 1 heterocycles. The van der Waals surface area contributed by atoms with E-state index in [9.17, 15) is 0 Å². The summed E-state index contributed by atoms with van der Waals surface area (Å²) >= 11 is 0. The van der Waals surface area contributed by atoms with Gasteiger partial charge in [-0.05, 0) is 10.8 Å². The van der Waals surface area contributed by atoms with E-state index in [-0.39, 0.29) is 0 Å². The highest BCUT2D eigenvalue weighted by Gasteiger charge is 2.25. The van der Waals surface area contributed by atoms with Crippen molar-refractivity contribution in [2.75, 3.05) is 0 Å². The molecule has 4 aromatic rings. The van der Waals surface area contributed by atoms with Gasteiger partial charge in [-0.1, -0.05) is 98.5 Å². The van der Waals surface area contributed by atoms with Gasteiger partial charge in [-0.3, -0.25) is 0 Å². The summed E-state index contributed by atoms with van der Waals surface area (Å²) in [5, 5.41) is 2.59. The molecule has 4 rings (SSSR count). The molecule has 0 saturated carbocycles. The Bertz CT molecular complexity index is 1010. The molecule has 0 amide bonds. The van der Waals surface area contributed by atoms with Gasteiger partial charge in [-0.25, -0.2) is 0 Å². The topological polar surface area (TPSA) is 13.1 Å². The SMILES string of the molecule is C[Si](C)(C)c1cccc2c(-c3ccccc3)c(-c3ccccc3)oc12. The molecule has 1 aromatic heterocycles. The summed E-state index contributed by atoms with van der Waals surface area (Å²) in [5.41, 5.74) is 4.58. The Hall–Kier alpha value is -2.58. The van der Waals surface area contributed by atoms with Gasteiger partial charge in [0.15, 0.2) is 0 Å². The first-order valence-electron chi connectivity index (χ1n) is 8.72. The third-order valence-corrected chi connectivity index (χ3v) is 6.63. The van der Waals surface area contributed by atoms with Crippen LogP contribution in [0.5, 0.6) is 0 Å². The molecule has 2 heteroatoms. The second-order valence-electron chi connectivity index (χ2n) is 7.47. The molecule has 25 heavy (non-hydrogen) atoms. The lowest BCUT2D eigenvalue weighted by molar-refractivity contribution is 0.634. The van der Waals surface area contributed by atoms with E-state index in [2.05, 4.69) is 92.4 Å². The van der Waals surface area contributed by atoms with Crippen LogP contribution in [0.1, 0.15) is 0 Å². The lowest BCUT2D eigenvalue weighted by atomic mass is 9.99. The number of furan rings is 1.